The Labute approximate surface area is 157 Å². The Balaban J connectivity index is 1.72. The largest absolute Gasteiger partial charge is 0.504 e. The number of hydrogen-bond acceptors (Lipinski definition) is 6. The van der Waals surface area contributed by atoms with Gasteiger partial charge in [0.1, 0.15) is 5.82 Å². The molecular weight excluding hydrogens is 370 g/mol. The summed E-state index contributed by atoms with van der Waals surface area (Å²) in [4.78, 5) is 16.4. The molecule has 1 fully saturated rings. The molecule has 0 bridgehead atoms. The third-order valence-corrected chi connectivity index (χ3v) is 6.34. The Kier molecular flexibility index (Phi) is 5.50. The summed E-state index contributed by atoms with van der Waals surface area (Å²) in [6, 6.07) is 6.70. The van der Waals surface area contributed by atoms with Crippen molar-refractivity contribution in [3.05, 3.63) is 42.1 Å². The summed E-state index contributed by atoms with van der Waals surface area (Å²) in [6.45, 7) is 0. The summed E-state index contributed by atoms with van der Waals surface area (Å²) < 4.78 is 27.5. The van der Waals surface area contributed by atoms with E-state index in [2.05, 4.69) is 15.0 Å². The first-order chi connectivity index (χ1) is 12.8. The van der Waals surface area contributed by atoms with Gasteiger partial charge in [-0.1, -0.05) is 19.3 Å². The fourth-order valence-corrected chi connectivity index (χ4v) is 4.56. The molecule has 2 aromatic rings. The summed E-state index contributed by atoms with van der Waals surface area (Å²) in [5, 5.41) is 20.9. The van der Waals surface area contributed by atoms with Crippen molar-refractivity contribution in [2.24, 2.45) is 0 Å². The van der Waals surface area contributed by atoms with E-state index >= 15 is 0 Å². The van der Waals surface area contributed by atoms with Gasteiger partial charge in [0.2, 0.25) is 10.0 Å². The second-order valence-electron chi connectivity index (χ2n) is 6.49. The number of sulfonamides is 1. The fourth-order valence-electron chi connectivity index (χ4n) is 3.04. The van der Waals surface area contributed by atoms with E-state index in [0.29, 0.717) is 12.8 Å². The highest BCUT2D eigenvalue weighted by Gasteiger charge is 2.27. The van der Waals surface area contributed by atoms with Gasteiger partial charge in [-0.2, -0.15) is 0 Å². The predicted molar refractivity (Wildman–Crippen MR) is 101 cm³/mol. The Morgan fingerprint density at radius 3 is 2.48 bits per heavy atom. The molecule has 8 nitrogen and oxygen atoms in total. The zero-order valence-corrected chi connectivity index (χ0v) is 15.4. The number of benzene rings is 1. The number of hydrogen-bond donors (Lipinski definition) is 4. The molecular formula is C18H21N3O5S. The maximum absolute atomic E-state index is 12.5. The van der Waals surface area contributed by atoms with Crippen LogP contribution in [-0.2, 0) is 10.0 Å². The molecule has 0 unspecified atom stereocenters. The zero-order valence-electron chi connectivity index (χ0n) is 14.6. The molecule has 9 heteroatoms. The van der Waals surface area contributed by atoms with Crippen LogP contribution >= 0.6 is 0 Å². The van der Waals surface area contributed by atoms with Gasteiger partial charge in [0.05, 0.1) is 5.25 Å². The quantitative estimate of drug-likeness (QED) is 0.458. The first-order valence-electron chi connectivity index (χ1n) is 8.66. The number of pyridine rings is 1. The molecule has 0 atom stereocenters. The monoisotopic (exact) mass is 391 g/mol. The van der Waals surface area contributed by atoms with Crippen LogP contribution in [0.25, 0.3) is 0 Å². The number of nitrogens with one attached hydrogen (secondary N) is 2. The maximum Gasteiger partial charge on any atom is 0.255 e. The van der Waals surface area contributed by atoms with Crippen LogP contribution in [0, 0.1) is 0 Å². The number of carbonyl (C=O) groups is 1. The highest BCUT2D eigenvalue weighted by Crippen LogP contribution is 2.28. The molecule has 1 aromatic carbocycles. The van der Waals surface area contributed by atoms with Crippen molar-refractivity contribution in [1.82, 2.24) is 4.98 Å². The van der Waals surface area contributed by atoms with Gasteiger partial charge in [-0.15, -0.1) is 0 Å². The molecule has 0 radical (unpaired) electrons. The first kappa shape index (κ1) is 19.0. The highest BCUT2D eigenvalue weighted by atomic mass is 32.2. The van der Waals surface area contributed by atoms with Gasteiger partial charge in [0, 0.05) is 23.5 Å². The number of anilines is 2. The molecule has 1 aromatic heterocycles. The lowest BCUT2D eigenvalue weighted by molar-refractivity contribution is 0.102. The predicted octanol–water partition coefficient (Wildman–Crippen LogP) is 2.82. The molecule has 27 heavy (non-hydrogen) atoms. The number of amides is 1. The van der Waals surface area contributed by atoms with Crippen LogP contribution in [0.5, 0.6) is 11.5 Å². The van der Waals surface area contributed by atoms with Gasteiger partial charge in [-0.25, -0.2) is 13.4 Å². The van der Waals surface area contributed by atoms with E-state index in [1.165, 1.54) is 36.5 Å². The van der Waals surface area contributed by atoms with Gasteiger partial charge in [-0.05, 0) is 37.1 Å². The number of nitrogens with zero attached hydrogens (tertiary/aromatic N) is 1. The standard InChI is InChI=1S/C18H21N3O5S/c22-15-7-6-13(11-16(15)23)20-18(24)12-8-9-19-17(10-12)21-27(25,26)14-4-2-1-3-5-14/h6-11,14,22-23H,1-5H2,(H,19,21)(H,20,24). The lowest BCUT2D eigenvalue weighted by atomic mass is 10.0. The van der Waals surface area contributed by atoms with E-state index in [0.717, 1.165) is 19.3 Å². The van der Waals surface area contributed by atoms with E-state index in [1.54, 1.807) is 0 Å². The van der Waals surface area contributed by atoms with Crippen molar-refractivity contribution in [3.63, 3.8) is 0 Å². The van der Waals surface area contributed by atoms with E-state index in [1.807, 2.05) is 0 Å². The third kappa shape index (κ3) is 4.68. The minimum atomic E-state index is -3.55. The Morgan fingerprint density at radius 1 is 1.04 bits per heavy atom. The minimum absolute atomic E-state index is 0.0850. The Morgan fingerprint density at radius 2 is 1.78 bits per heavy atom. The van der Waals surface area contributed by atoms with Crippen LogP contribution in [-0.4, -0.2) is 34.8 Å². The smallest absolute Gasteiger partial charge is 0.255 e. The molecule has 1 heterocycles. The number of aromatic nitrogens is 1. The summed E-state index contributed by atoms with van der Waals surface area (Å²) >= 11 is 0. The molecule has 0 spiro atoms. The van der Waals surface area contributed by atoms with Gasteiger partial charge < -0.3 is 15.5 Å². The molecule has 1 aliphatic carbocycles. The van der Waals surface area contributed by atoms with E-state index in [4.69, 9.17) is 0 Å². The number of phenols is 2. The lowest BCUT2D eigenvalue weighted by Crippen LogP contribution is -2.30. The molecule has 0 aliphatic heterocycles. The number of phenolic OH excluding ortho intramolecular Hbond substituents is 2. The molecule has 1 aliphatic rings. The van der Waals surface area contributed by atoms with Crippen molar-refractivity contribution in [2.75, 3.05) is 10.0 Å². The number of aromatic hydroxyl groups is 2. The van der Waals surface area contributed by atoms with Crippen molar-refractivity contribution in [2.45, 2.75) is 37.4 Å². The van der Waals surface area contributed by atoms with E-state index in [9.17, 15) is 23.4 Å². The zero-order chi connectivity index (χ0) is 19.4. The topological polar surface area (TPSA) is 129 Å². The summed E-state index contributed by atoms with van der Waals surface area (Å²) in [5.41, 5.74) is 0.496. The average molecular weight is 391 g/mol. The molecule has 1 amide bonds. The van der Waals surface area contributed by atoms with Gasteiger partial charge >= 0.3 is 0 Å². The second kappa shape index (κ2) is 7.83. The summed E-state index contributed by atoms with van der Waals surface area (Å²) in [7, 11) is -3.55. The third-order valence-electron chi connectivity index (χ3n) is 4.49. The normalized spacial score (nSPS) is 15.3. The van der Waals surface area contributed by atoms with Gasteiger partial charge in [0.15, 0.2) is 11.5 Å². The average Bonchev–Trinajstić information content (AvgIpc) is 2.65. The van der Waals surface area contributed by atoms with Crippen molar-refractivity contribution >= 4 is 27.4 Å². The SMILES string of the molecule is O=C(Nc1ccc(O)c(O)c1)c1ccnc(NS(=O)(=O)C2CCCCC2)c1. The number of rotatable bonds is 5. The molecule has 4 N–H and O–H groups in total. The van der Waals surface area contributed by atoms with Crippen molar-refractivity contribution in [1.29, 1.82) is 0 Å². The van der Waals surface area contributed by atoms with Crippen LogP contribution in [0.2, 0.25) is 0 Å². The minimum Gasteiger partial charge on any atom is -0.504 e. The van der Waals surface area contributed by atoms with Crippen LogP contribution in [0.15, 0.2) is 36.5 Å². The first-order valence-corrected chi connectivity index (χ1v) is 10.2. The fraction of sp³-hybridized carbons (Fsp3) is 0.333. The maximum atomic E-state index is 12.5. The number of carbonyl (C=O) groups excluding carboxylic acids is 1. The van der Waals surface area contributed by atoms with Gasteiger partial charge in [0.25, 0.3) is 5.91 Å². The van der Waals surface area contributed by atoms with Crippen molar-refractivity contribution in [3.8, 4) is 11.5 Å². The van der Waals surface area contributed by atoms with Crippen LogP contribution in [0.3, 0.4) is 0 Å². The Bertz CT molecular complexity index is 940. The van der Waals surface area contributed by atoms with Gasteiger partial charge in [-0.3, -0.25) is 9.52 Å². The summed E-state index contributed by atoms with van der Waals surface area (Å²) in [6.07, 6.45) is 5.43. The lowest BCUT2D eigenvalue weighted by Gasteiger charge is -2.22. The highest BCUT2D eigenvalue weighted by molar-refractivity contribution is 7.93. The molecule has 3 rings (SSSR count). The second-order valence-corrected chi connectivity index (χ2v) is 8.46. The van der Waals surface area contributed by atoms with Crippen LogP contribution in [0.4, 0.5) is 11.5 Å². The summed E-state index contributed by atoms with van der Waals surface area (Å²) in [5.74, 6) is -1.07. The van der Waals surface area contributed by atoms with E-state index < -0.39 is 21.2 Å². The molecule has 144 valence electrons. The van der Waals surface area contributed by atoms with Crippen LogP contribution in [0.1, 0.15) is 42.5 Å². The molecule has 1 saturated carbocycles. The Hall–Kier alpha value is -2.81. The molecule has 0 saturated heterocycles. The van der Waals surface area contributed by atoms with Crippen LogP contribution < -0.4 is 10.0 Å². The van der Waals surface area contributed by atoms with Crippen molar-refractivity contribution < 1.29 is 23.4 Å². The van der Waals surface area contributed by atoms with E-state index in [-0.39, 0.29) is 28.6 Å².